The van der Waals surface area contributed by atoms with Crippen molar-refractivity contribution in [3.63, 3.8) is 0 Å². The van der Waals surface area contributed by atoms with Crippen LogP contribution in [0.3, 0.4) is 0 Å². The summed E-state index contributed by atoms with van der Waals surface area (Å²) >= 11 is 8.39. The summed E-state index contributed by atoms with van der Waals surface area (Å²) in [6, 6.07) is 7.53. The summed E-state index contributed by atoms with van der Waals surface area (Å²) in [5.74, 6) is 0.783. The van der Waals surface area contributed by atoms with Gasteiger partial charge in [-0.3, -0.25) is 4.57 Å². The molecule has 0 aliphatic rings. The standard InChI is InChI=1S/C10H8BrN3S/c11-7-3-1-5-13-10(7)14-6-2-4-8(14)9(12)15/h1-6H,(H2,12,15). The molecule has 0 fully saturated rings. The first-order valence-electron chi connectivity index (χ1n) is 4.28. The van der Waals surface area contributed by atoms with Crippen molar-refractivity contribution in [1.29, 1.82) is 0 Å². The summed E-state index contributed by atoms with van der Waals surface area (Å²) in [7, 11) is 0. The van der Waals surface area contributed by atoms with Crippen LogP contribution in [-0.2, 0) is 0 Å². The van der Waals surface area contributed by atoms with E-state index in [1.807, 2.05) is 35.0 Å². The molecule has 0 amide bonds. The van der Waals surface area contributed by atoms with Crippen LogP contribution < -0.4 is 5.73 Å². The third-order valence-electron chi connectivity index (χ3n) is 1.97. The molecule has 0 saturated carbocycles. The largest absolute Gasteiger partial charge is 0.388 e. The van der Waals surface area contributed by atoms with Crippen molar-refractivity contribution in [3.8, 4) is 5.82 Å². The molecule has 0 aliphatic heterocycles. The molecule has 0 atom stereocenters. The molecule has 15 heavy (non-hydrogen) atoms. The van der Waals surface area contributed by atoms with Gasteiger partial charge in [0.1, 0.15) is 4.99 Å². The Kier molecular flexibility index (Phi) is 2.83. The van der Waals surface area contributed by atoms with Crippen molar-refractivity contribution < 1.29 is 0 Å². The van der Waals surface area contributed by atoms with Gasteiger partial charge in [-0.15, -0.1) is 0 Å². The molecule has 2 N–H and O–H groups in total. The van der Waals surface area contributed by atoms with Gasteiger partial charge in [0.2, 0.25) is 0 Å². The van der Waals surface area contributed by atoms with Crippen molar-refractivity contribution in [2.75, 3.05) is 0 Å². The van der Waals surface area contributed by atoms with Gasteiger partial charge in [-0.1, -0.05) is 12.2 Å². The third-order valence-corrected chi connectivity index (χ3v) is 2.80. The third kappa shape index (κ3) is 1.93. The molecule has 0 aliphatic carbocycles. The quantitative estimate of drug-likeness (QED) is 0.859. The average Bonchev–Trinajstić information content (AvgIpc) is 2.67. The highest BCUT2D eigenvalue weighted by atomic mass is 79.9. The van der Waals surface area contributed by atoms with Crippen molar-refractivity contribution in [2.24, 2.45) is 5.73 Å². The fraction of sp³-hybridized carbons (Fsp3) is 0. The highest BCUT2D eigenvalue weighted by Gasteiger charge is 2.08. The molecular formula is C10H8BrN3S. The Labute approximate surface area is 101 Å². The van der Waals surface area contributed by atoms with E-state index in [2.05, 4.69) is 20.9 Å². The summed E-state index contributed by atoms with van der Waals surface area (Å²) in [5, 5.41) is 0. The second-order valence-electron chi connectivity index (χ2n) is 2.94. The van der Waals surface area contributed by atoms with Gasteiger partial charge in [0.05, 0.1) is 10.2 Å². The number of pyridine rings is 1. The maximum atomic E-state index is 5.61. The summed E-state index contributed by atoms with van der Waals surface area (Å²) in [5.41, 5.74) is 6.40. The molecule has 0 saturated heterocycles. The highest BCUT2D eigenvalue weighted by Crippen LogP contribution is 2.19. The maximum Gasteiger partial charge on any atom is 0.151 e. The van der Waals surface area contributed by atoms with E-state index in [0.717, 1.165) is 16.0 Å². The number of aromatic nitrogens is 2. The second-order valence-corrected chi connectivity index (χ2v) is 4.23. The smallest absolute Gasteiger partial charge is 0.151 e. The van der Waals surface area contributed by atoms with Crippen LogP contribution in [0.4, 0.5) is 0 Å². The fourth-order valence-corrected chi connectivity index (χ4v) is 1.93. The van der Waals surface area contributed by atoms with E-state index < -0.39 is 0 Å². The van der Waals surface area contributed by atoms with Crippen LogP contribution >= 0.6 is 28.1 Å². The molecule has 0 bridgehead atoms. The minimum Gasteiger partial charge on any atom is -0.388 e. The molecule has 5 heteroatoms. The van der Waals surface area contributed by atoms with Gasteiger partial charge < -0.3 is 5.73 Å². The molecule has 2 rings (SSSR count). The van der Waals surface area contributed by atoms with Gasteiger partial charge in [0.25, 0.3) is 0 Å². The Morgan fingerprint density at radius 2 is 2.20 bits per heavy atom. The molecular weight excluding hydrogens is 274 g/mol. The Morgan fingerprint density at radius 1 is 1.40 bits per heavy atom. The number of rotatable bonds is 2. The average molecular weight is 282 g/mol. The molecule has 2 aromatic rings. The number of nitrogens with two attached hydrogens (primary N) is 1. The monoisotopic (exact) mass is 281 g/mol. The first-order chi connectivity index (χ1) is 7.20. The SMILES string of the molecule is NC(=S)c1cccn1-c1ncccc1Br. The normalized spacial score (nSPS) is 10.2. The van der Waals surface area contributed by atoms with Crippen LogP contribution in [0.1, 0.15) is 5.69 Å². The zero-order valence-electron chi connectivity index (χ0n) is 7.72. The lowest BCUT2D eigenvalue weighted by Crippen LogP contribution is -2.15. The fourth-order valence-electron chi connectivity index (χ4n) is 1.32. The number of hydrogen-bond acceptors (Lipinski definition) is 2. The second kappa shape index (κ2) is 4.12. The van der Waals surface area contributed by atoms with E-state index in [1.54, 1.807) is 6.20 Å². The Morgan fingerprint density at radius 3 is 2.87 bits per heavy atom. The zero-order chi connectivity index (χ0) is 10.8. The molecule has 76 valence electrons. The summed E-state index contributed by atoms with van der Waals surface area (Å²) in [6.07, 6.45) is 3.60. The van der Waals surface area contributed by atoms with Crippen LogP contribution in [0, 0.1) is 0 Å². The van der Waals surface area contributed by atoms with Gasteiger partial charge in [0, 0.05) is 12.4 Å². The minimum absolute atomic E-state index is 0.359. The van der Waals surface area contributed by atoms with Crippen molar-refractivity contribution in [2.45, 2.75) is 0 Å². The van der Waals surface area contributed by atoms with Gasteiger partial charge in [-0.25, -0.2) is 4.98 Å². The molecule has 0 aromatic carbocycles. The molecule has 0 unspecified atom stereocenters. The van der Waals surface area contributed by atoms with Crippen LogP contribution in [0.2, 0.25) is 0 Å². The van der Waals surface area contributed by atoms with Crippen LogP contribution in [-0.4, -0.2) is 14.5 Å². The lowest BCUT2D eigenvalue weighted by molar-refractivity contribution is 0.987. The molecule has 2 aromatic heterocycles. The number of thiocarbonyl (C=S) groups is 1. The van der Waals surface area contributed by atoms with Gasteiger partial charge in [-0.2, -0.15) is 0 Å². The van der Waals surface area contributed by atoms with Gasteiger partial charge in [-0.05, 0) is 40.2 Å². The first kappa shape index (κ1) is 10.3. The van der Waals surface area contributed by atoms with Crippen LogP contribution in [0.15, 0.2) is 41.1 Å². The lowest BCUT2D eigenvalue weighted by Gasteiger charge is -2.08. The first-order valence-corrected chi connectivity index (χ1v) is 5.48. The topological polar surface area (TPSA) is 43.8 Å². The zero-order valence-corrected chi connectivity index (χ0v) is 10.1. The predicted molar refractivity (Wildman–Crippen MR) is 67.2 cm³/mol. The van der Waals surface area contributed by atoms with Crippen molar-refractivity contribution in [1.82, 2.24) is 9.55 Å². The predicted octanol–water partition coefficient (Wildman–Crippen LogP) is 2.27. The van der Waals surface area contributed by atoms with Crippen LogP contribution in [0.25, 0.3) is 5.82 Å². The van der Waals surface area contributed by atoms with E-state index >= 15 is 0 Å². The number of nitrogens with zero attached hydrogens (tertiary/aromatic N) is 2. The Balaban J connectivity index is 2.59. The number of halogens is 1. The summed E-state index contributed by atoms with van der Waals surface area (Å²) in [4.78, 5) is 4.62. The van der Waals surface area contributed by atoms with Crippen molar-refractivity contribution in [3.05, 3.63) is 46.8 Å². The van der Waals surface area contributed by atoms with Gasteiger partial charge >= 0.3 is 0 Å². The van der Waals surface area contributed by atoms with Crippen LogP contribution in [0.5, 0.6) is 0 Å². The highest BCUT2D eigenvalue weighted by molar-refractivity contribution is 9.10. The van der Waals surface area contributed by atoms with E-state index in [4.69, 9.17) is 18.0 Å². The van der Waals surface area contributed by atoms with E-state index in [0.29, 0.717) is 4.99 Å². The molecule has 0 radical (unpaired) electrons. The van der Waals surface area contributed by atoms with E-state index in [9.17, 15) is 0 Å². The van der Waals surface area contributed by atoms with Crippen molar-refractivity contribution >= 4 is 33.1 Å². The summed E-state index contributed by atoms with van der Waals surface area (Å²) in [6.45, 7) is 0. The molecule has 2 heterocycles. The van der Waals surface area contributed by atoms with Gasteiger partial charge in [0.15, 0.2) is 5.82 Å². The van der Waals surface area contributed by atoms with E-state index in [-0.39, 0.29) is 0 Å². The Hall–Kier alpha value is -1.20. The molecule has 0 spiro atoms. The number of hydrogen-bond donors (Lipinski definition) is 1. The summed E-state index contributed by atoms with van der Waals surface area (Å²) < 4.78 is 2.76. The van der Waals surface area contributed by atoms with E-state index in [1.165, 1.54) is 0 Å². The lowest BCUT2D eigenvalue weighted by atomic mass is 10.4. The maximum absolute atomic E-state index is 5.61. The molecule has 3 nitrogen and oxygen atoms in total. The Bertz CT molecular complexity index is 507. The minimum atomic E-state index is 0.359.